The second-order valence-corrected chi connectivity index (χ2v) is 6.39. The Morgan fingerprint density at radius 3 is 2.84 bits per heavy atom. The van der Waals surface area contributed by atoms with Gasteiger partial charge in [0.25, 0.3) is 0 Å². The fourth-order valence-corrected chi connectivity index (χ4v) is 3.04. The van der Waals surface area contributed by atoms with E-state index in [4.69, 9.17) is 4.74 Å². The number of benzene rings is 1. The zero-order chi connectivity index (χ0) is 17.3. The SMILES string of the molecule is O=C(/C=C/c1cnc2ccccc2n1)NCCCOC1CCCCC1. The summed E-state index contributed by atoms with van der Waals surface area (Å²) in [5, 5.41) is 2.87. The average Bonchev–Trinajstić information content (AvgIpc) is 2.67. The maximum Gasteiger partial charge on any atom is 0.244 e. The molecule has 2 aromatic rings. The molecule has 3 rings (SSSR count). The highest BCUT2D eigenvalue weighted by Gasteiger charge is 2.12. The van der Waals surface area contributed by atoms with Crippen molar-refractivity contribution in [1.82, 2.24) is 15.3 Å². The standard InChI is InChI=1S/C20H25N3O2/c24-20(21-13-6-14-25-17-7-2-1-3-8-17)12-11-16-15-22-18-9-4-5-10-19(18)23-16/h4-5,9-12,15,17H,1-3,6-8,13-14H2,(H,21,24)/b12-11+. The molecule has 1 aromatic heterocycles. The molecule has 1 aliphatic rings. The molecule has 1 N–H and O–H groups in total. The number of rotatable bonds is 7. The van der Waals surface area contributed by atoms with Gasteiger partial charge in [0.2, 0.25) is 5.91 Å². The van der Waals surface area contributed by atoms with Crippen molar-refractivity contribution in [3.63, 3.8) is 0 Å². The number of fused-ring (bicyclic) bond motifs is 1. The van der Waals surface area contributed by atoms with Crippen LogP contribution in [0.2, 0.25) is 0 Å². The summed E-state index contributed by atoms with van der Waals surface area (Å²) in [6.45, 7) is 1.34. The lowest BCUT2D eigenvalue weighted by atomic mass is 9.98. The number of amides is 1. The molecule has 1 saturated carbocycles. The molecule has 0 atom stereocenters. The molecule has 0 aliphatic heterocycles. The maximum atomic E-state index is 11.9. The molecule has 0 saturated heterocycles. The topological polar surface area (TPSA) is 64.1 Å². The minimum absolute atomic E-state index is 0.118. The van der Waals surface area contributed by atoms with Crippen LogP contribution in [0.15, 0.2) is 36.5 Å². The molecule has 25 heavy (non-hydrogen) atoms. The minimum Gasteiger partial charge on any atom is -0.378 e. The molecule has 0 radical (unpaired) electrons. The fourth-order valence-electron chi connectivity index (χ4n) is 3.04. The number of nitrogens with zero attached hydrogens (tertiary/aromatic N) is 2. The van der Waals surface area contributed by atoms with E-state index in [0.717, 1.165) is 17.5 Å². The molecule has 0 spiro atoms. The molecule has 5 heteroatoms. The van der Waals surface area contributed by atoms with Gasteiger partial charge in [0, 0.05) is 19.2 Å². The quantitative estimate of drug-likeness (QED) is 0.619. The number of aromatic nitrogens is 2. The zero-order valence-electron chi connectivity index (χ0n) is 14.5. The van der Waals surface area contributed by atoms with E-state index in [9.17, 15) is 4.79 Å². The fraction of sp³-hybridized carbons (Fsp3) is 0.450. The van der Waals surface area contributed by atoms with Crippen molar-refractivity contribution in [1.29, 1.82) is 0 Å². The molecule has 1 aromatic carbocycles. The van der Waals surface area contributed by atoms with Gasteiger partial charge in [0.05, 0.1) is 29.0 Å². The number of ether oxygens (including phenoxy) is 1. The Balaban J connectivity index is 1.37. The van der Waals surface area contributed by atoms with Crippen molar-refractivity contribution in [2.45, 2.75) is 44.6 Å². The summed E-state index contributed by atoms with van der Waals surface area (Å²) in [7, 11) is 0. The summed E-state index contributed by atoms with van der Waals surface area (Å²) < 4.78 is 5.85. The van der Waals surface area contributed by atoms with Crippen LogP contribution in [0.4, 0.5) is 0 Å². The van der Waals surface area contributed by atoms with E-state index in [2.05, 4.69) is 15.3 Å². The van der Waals surface area contributed by atoms with Crippen LogP contribution in [0.5, 0.6) is 0 Å². The average molecular weight is 339 g/mol. The Morgan fingerprint density at radius 2 is 2.00 bits per heavy atom. The molecule has 5 nitrogen and oxygen atoms in total. The minimum atomic E-state index is -0.118. The zero-order valence-corrected chi connectivity index (χ0v) is 14.5. The second-order valence-electron chi connectivity index (χ2n) is 6.39. The van der Waals surface area contributed by atoms with Crippen molar-refractivity contribution in [3.8, 4) is 0 Å². The monoisotopic (exact) mass is 339 g/mol. The summed E-state index contributed by atoms with van der Waals surface area (Å²) in [4.78, 5) is 20.6. The Hall–Kier alpha value is -2.27. The smallest absolute Gasteiger partial charge is 0.244 e. The molecule has 1 heterocycles. The van der Waals surface area contributed by atoms with E-state index >= 15 is 0 Å². The van der Waals surface area contributed by atoms with Crippen molar-refractivity contribution in [3.05, 3.63) is 42.2 Å². The highest BCUT2D eigenvalue weighted by atomic mass is 16.5. The third kappa shape index (κ3) is 5.64. The van der Waals surface area contributed by atoms with Crippen molar-refractivity contribution < 1.29 is 9.53 Å². The van der Waals surface area contributed by atoms with Gasteiger partial charge in [-0.1, -0.05) is 31.4 Å². The molecule has 0 bridgehead atoms. The van der Waals surface area contributed by atoms with Crippen LogP contribution >= 0.6 is 0 Å². The largest absolute Gasteiger partial charge is 0.378 e. The van der Waals surface area contributed by atoms with Gasteiger partial charge >= 0.3 is 0 Å². The lowest BCUT2D eigenvalue weighted by Gasteiger charge is -2.21. The van der Waals surface area contributed by atoms with Gasteiger partial charge in [-0.05, 0) is 37.5 Å². The van der Waals surface area contributed by atoms with Crippen molar-refractivity contribution >= 4 is 23.0 Å². The van der Waals surface area contributed by atoms with E-state index in [-0.39, 0.29) is 5.91 Å². The van der Waals surface area contributed by atoms with E-state index < -0.39 is 0 Å². The van der Waals surface area contributed by atoms with Gasteiger partial charge in [-0.15, -0.1) is 0 Å². The first-order chi connectivity index (χ1) is 12.3. The number of nitrogens with one attached hydrogen (secondary N) is 1. The first-order valence-corrected chi connectivity index (χ1v) is 9.10. The normalized spacial score (nSPS) is 15.7. The highest BCUT2D eigenvalue weighted by Crippen LogP contribution is 2.20. The first-order valence-electron chi connectivity index (χ1n) is 9.10. The molecule has 1 fully saturated rings. The van der Waals surface area contributed by atoms with Crippen LogP contribution in [-0.2, 0) is 9.53 Å². The number of hydrogen-bond acceptors (Lipinski definition) is 4. The van der Waals surface area contributed by atoms with E-state index in [1.807, 2.05) is 24.3 Å². The van der Waals surface area contributed by atoms with Gasteiger partial charge in [-0.25, -0.2) is 4.98 Å². The van der Waals surface area contributed by atoms with Gasteiger partial charge < -0.3 is 10.1 Å². The third-order valence-electron chi connectivity index (χ3n) is 4.40. The van der Waals surface area contributed by atoms with Gasteiger partial charge in [-0.3, -0.25) is 9.78 Å². The molecular formula is C20H25N3O2. The van der Waals surface area contributed by atoms with Crippen LogP contribution in [0.1, 0.15) is 44.2 Å². The third-order valence-corrected chi connectivity index (χ3v) is 4.40. The Kier molecular flexibility index (Phi) is 6.51. The highest BCUT2D eigenvalue weighted by molar-refractivity contribution is 5.91. The number of carbonyl (C=O) groups is 1. The molecule has 0 unspecified atom stereocenters. The number of carbonyl (C=O) groups excluding carboxylic acids is 1. The van der Waals surface area contributed by atoms with Crippen LogP contribution < -0.4 is 5.32 Å². The van der Waals surface area contributed by atoms with Gasteiger partial charge in [-0.2, -0.15) is 0 Å². The van der Waals surface area contributed by atoms with E-state index in [0.29, 0.717) is 24.9 Å². The van der Waals surface area contributed by atoms with Crippen molar-refractivity contribution in [2.75, 3.05) is 13.2 Å². The van der Waals surface area contributed by atoms with Crippen LogP contribution in [0.25, 0.3) is 17.1 Å². The Morgan fingerprint density at radius 1 is 1.20 bits per heavy atom. The molecule has 132 valence electrons. The van der Waals surface area contributed by atoms with Crippen LogP contribution in [0.3, 0.4) is 0 Å². The number of para-hydroxylation sites is 2. The molecule has 1 aliphatic carbocycles. The number of hydrogen-bond donors (Lipinski definition) is 1. The van der Waals surface area contributed by atoms with E-state index in [1.54, 1.807) is 12.3 Å². The Bertz CT molecular complexity index is 724. The predicted octanol–water partition coefficient (Wildman–Crippen LogP) is 3.50. The van der Waals surface area contributed by atoms with Crippen LogP contribution in [-0.4, -0.2) is 35.1 Å². The molecular weight excluding hydrogens is 314 g/mol. The molecule has 1 amide bonds. The van der Waals surface area contributed by atoms with Crippen LogP contribution in [0, 0.1) is 0 Å². The summed E-state index contributed by atoms with van der Waals surface area (Å²) in [6.07, 6.45) is 12.4. The lowest BCUT2D eigenvalue weighted by Crippen LogP contribution is -2.24. The van der Waals surface area contributed by atoms with Crippen molar-refractivity contribution in [2.24, 2.45) is 0 Å². The predicted molar refractivity (Wildman–Crippen MR) is 99.0 cm³/mol. The summed E-state index contributed by atoms with van der Waals surface area (Å²) in [6, 6.07) is 7.68. The Labute approximate surface area is 148 Å². The van der Waals surface area contributed by atoms with E-state index in [1.165, 1.54) is 38.2 Å². The van der Waals surface area contributed by atoms with Gasteiger partial charge in [0.15, 0.2) is 0 Å². The summed E-state index contributed by atoms with van der Waals surface area (Å²) in [5.41, 5.74) is 2.35. The lowest BCUT2D eigenvalue weighted by molar-refractivity contribution is -0.116. The summed E-state index contributed by atoms with van der Waals surface area (Å²) >= 11 is 0. The maximum absolute atomic E-state index is 11.9. The van der Waals surface area contributed by atoms with Gasteiger partial charge in [0.1, 0.15) is 0 Å². The second kappa shape index (κ2) is 9.28. The summed E-state index contributed by atoms with van der Waals surface area (Å²) in [5.74, 6) is -0.118. The first kappa shape index (κ1) is 17.5.